The van der Waals surface area contributed by atoms with E-state index >= 15 is 0 Å². The third-order valence-electron chi connectivity index (χ3n) is 0.974. The van der Waals surface area contributed by atoms with Crippen molar-refractivity contribution >= 4 is 14.6 Å². The number of rotatable bonds is 3. The van der Waals surface area contributed by atoms with Gasteiger partial charge in [-0.3, -0.25) is 0 Å². The molecule has 0 aliphatic heterocycles. The van der Waals surface area contributed by atoms with Crippen LogP contribution in [-0.2, 0) is 4.81 Å². The van der Waals surface area contributed by atoms with Crippen LogP contribution in [0.4, 0.5) is 0 Å². The minimum absolute atomic E-state index is 0.417. The van der Waals surface area contributed by atoms with Crippen LogP contribution in [0.3, 0.4) is 0 Å². The highest BCUT2D eigenvalue weighted by molar-refractivity contribution is 6.32. The Bertz CT molecular complexity index is 240. The van der Waals surface area contributed by atoms with Gasteiger partial charge in [-0.25, -0.2) is 0 Å². The van der Waals surface area contributed by atoms with Crippen molar-refractivity contribution in [3.8, 4) is 5.75 Å². The van der Waals surface area contributed by atoms with Crippen LogP contribution in [0, 0.1) is 0 Å². The number of hydrogen-bond donors (Lipinski definition) is 5. The minimum Gasteiger partial charge on any atom is -0.402 e. The molecule has 7 nitrogen and oxygen atoms in total. The maximum absolute atomic E-state index is 8.22. The Kier molecular flexibility index (Phi) is 7.64. The summed E-state index contributed by atoms with van der Waals surface area (Å²) in [5.41, 5.74) is 0. The zero-order chi connectivity index (χ0) is 11.7. The Hall–Kier alpha value is -1.09. The molecule has 0 heterocycles. The molecule has 0 aliphatic rings. The molecule has 0 unspecified atom stereocenters. The second-order valence-corrected chi connectivity index (χ2v) is 2.17. The minimum atomic E-state index is -2.17. The van der Waals surface area contributed by atoms with Crippen molar-refractivity contribution in [1.82, 2.24) is 0 Å². The highest BCUT2D eigenvalue weighted by Gasteiger charge is 2.09. The van der Waals surface area contributed by atoms with E-state index in [9.17, 15) is 0 Å². The van der Waals surface area contributed by atoms with Gasteiger partial charge in [0.15, 0.2) is 5.75 Å². The summed E-state index contributed by atoms with van der Waals surface area (Å²) in [6, 6.07) is 8.54. The fraction of sp³-hybridized carbons (Fsp3) is 0. The lowest BCUT2D eigenvalue weighted by Gasteiger charge is -2.01. The van der Waals surface area contributed by atoms with Crippen LogP contribution >= 0.6 is 0 Å². The lowest BCUT2D eigenvalue weighted by atomic mass is 10.3. The van der Waals surface area contributed by atoms with Gasteiger partial charge in [-0.1, -0.05) is 18.2 Å². The van der Waals surface area contributed by atoms with Crippen LogP contribution in [0.25, 0.3) is 0 Å². The Morgan fingerprint density at radius 2 is 1.33 bits per heavy atom. The third kappa shape index (κ3) is 10.8. The van der Waals surface area contributed by atoms with Crippen LogP contribution in [0.2, 0.25) is 0 Å². The molecule has 0 saturated carbocycles. The molecule has 1 aromatic carbocycles. The number of benzene rings is 1. The standard InChI is InChI=1S/C6H7BO4.BH3O3/c8-7(9)11-10-6-4-2-1-3-5-6;2-1(3)4/h1-5,8-9H;2-4H. The first-order chi connectivity index (χ1) is 7.02. The molecule has 0 radical (unpaired) electrons. The maximum Gasteiger partial charge on any atom is 0.672 e. The van der Waals surface area contributed by atoms with Gasteiger partial charge in [0.1, 0.15) is 0 Å². The molecule has 1 rings (SSSR count). The molecule has 0 spiro atoms. The zero-order valence-corrected chi connectivity index (χ0v) is 7.59. The second-order valence-electron chi connectivity index (χ2n) is 2.17. The molecule has 5 N–H and O–H groups in total. The molecule has 0 aliphatic carbocycles. The van der Waals surface area contributed by atoms with E-state index in [1.165, 1.54) is 0 Å². The highest BCUT2D eigenvalue weighted by atomic mass is 17.2. The van der Waals surface area contributed by atoms with Crippen molar-refractivity contribution in [3.05, 3.63) is 30.3 Å². The molecule has 0 fully saturated rings. The summed E-state index contributed by atoms with van der Waals surface area (Å²) in [6.45, 7) is 0. The largest absolute Gasteiger partial charge is 0.672 e. The topological polar surface area (TPSA) is 120 Å². The Morgan fingerprint density at radius 3 is 1.73 bits per heavy atom. The molecular formula is C6H10B2O7. The van der Waals surface area contributed by atoms with Gasteiger partial charge in [-0.15, -0.1) is 0 Å². The summed E-state index contributed by atoms with van der Waals surface area (Å²) in [4.78, 5) is 8.51. The average Bonchev–Trinajstić information content (AvgIpc) is 2.15. The zero-order valence-electron chi connectivity index (χ0n) is 7.59. The summed E-state index contributed by atoms with van der Waals surface area (Å²) < 4.78 is 0. The van der Waals surface area contributed by atoms with E-state index in [4.69, 9.17) is 25.1 Å². The third-order valence-corrected chi connectivity index (χ3v) is 0.974. The van der Waals surface area contributed by atoms with E-state index < -0.39 is 14.6 Å². The van der Waals surface area contributed by atoms with E-state index in [0.717, 1.165) is 0 Å². The maximum atomic E-state index is 8.22. The Morgan fingerprint density at radius 1 is 0.867 bits per heavy atom. The van der Waals surface area contributed by atoms with Gasteiger partial charge in [-0.2, -0.15) is 4.81 Å². The van der Waals surface area contributed by atoms with Gasteiger partial charge in [0.25, 0.3) is 0 Å². The molecule has 1 aromatic rings. The van der Waals surface area contributed by atoms with Crippen LogP contribution in [0.5, 0.6) is 5.75 Å². The Labute approximate surface area is 86.4 Å². The monoisotopic (exact) mass is 216 g/mol. The lowest BCUT2D eigenvalue weighted by molar-refractivity contribution is -0.137. The molecule has 15 heavy (non-hydrogen) atoms. The Balaban J connectivity index is 0.000000423. The van der Waals surface area contributed by atoms with Gasteiger partial charge < -0.3 is 30.0 Å². The highest BCUT2D eigenvalue weighted by Crippen LogP contribution is 2.07. The molecule has 82 valence electrons. The predicted octanol–water partition coefficient (Wildman–Crippen LogP) is -2.09. The van der Waals surface area contributed by atoms with Gasteiger partial charge >= 0.3 is 14.6 Å². The smallest absolute Gasteiger partial charge is 0.402 e. The van der Waals surface area contributed by atoms with Crippen LogP contribution in [0.15, 0.2) is 30.3 Å². The molecule has 0 aromatic heterocycles. The second kappa shape index (κ2) is 8.24. The normalized spacial score (nSPS) is 8.60. The lowest BCUT2D eigenvalue weighted by Crippen LogP contribution is -2.18. The van der Waals surface area contributed by atoms with Gasteiger partial charge in [0, 0.05) is 0 Å². The quantitative estimate of drug-likeness (QED) is 0.223. The van der Waals surface area contributed by atoms with Crippen molar-refractivity contribution in [2.45, 2.75) is 0 Å². The fourth-order valence-electron chi connectivity index (χ4n) is 0.575. The molecule has 0 atom stereocenters. The van der Waals surface area contributed by atoms with Crippen molar-refractivity contribution < 1.29 is 34.8 Å². The van der Waals surface area contributed by atoms with E-state index in [-0.39, 0.29) is 0 Å². The SMILES string of the molecule is OB(O)O.OB(O)OOc1ccccc1. The first-order valence-corrected chi connectivity index (χ1v) is 3.81. The molecule has 9 heteroatoms. The first kappa shape index (κ1) is 13.9. The molecule has 0 bridgehead atoms. The molecule has 0 saturated heterocycles. The van der Waals surface area contributed by atoms with Gasteiger partial charge in [-0.05, 0) is 12.1 Å². The van der Waals surface area contributed by atoms with E-state index in [0.29, 0.717) is 5.75 Å². The first-order valence-electron chi connectivity index (χ1n) is 3.81. The average molecular weight is 216 g/mol. The van der Waals surface area contributed by atoms with Gasteiger partial charge in [0.2, 0.25) is 0 Å². The van der Waals surface area contributed by atoms with Crippen molar-refractivity contribution in [2.75, 3.05) is 0 Å². The summed E-state index contributed by atoms with van der Waals surface area (Å²) in [5.74, 6) is 0.417. The molecule has 0 amide bonds. The summed E-state index contributed by atoms with van der Waals surface area (Å²) >= 11 is 0. The summed E-state index contributed by atoms with van der Waals surface area (Å²) in [7, 11) is -4.07. The fourth-order valence-corrected chi connectivity index (χ4v) is 0.575. The van der Waals surface area contributed by atoms with Crippen molar-refractivity contribution in [1.29, 1.82) is 0 Å². The summed E-state index contributed by atoms with van der Waals surface area (Å²) in [6.07, 6.45) is 0. The van der Waals surface area contributed by atoms with Crippen molar-refractivity contribution in [2.24, 2.45) is 0 Å². The van der Waals surface area contributed by atoms with Crippen LogP contribution < -0.4 is 4.89 Å². The van der Waals surface area contributed by atoms with Crippen LogP contribution in [0.1, 0.15) is 0 Å². The number of hydrogen-bond acceptors (Lipinski definition) is 7. The van der Waals surface area contributed by atoms with Gasteiger partial charge in [0.05, 0.1) is 0 Å². The van der Waals surface area contributed by atoms with Crippen LogP contribution in [-0.4, -0.2) is 39.8 Å². The van der Waals surface area contributed by atoms with E-state index in [2.05, 4.69) is 9.69 Å². The predicted molar refractivity (Wildman–Crippen MR) is 50.8 cm³/mol. The summed E-state index contributed by atoms with van der Waals surface area (Å²) in [5, 5.41) is 37.9. The van der Waals surface area contributed by atoms with E-state index in [1.807, 2.05) is 6.07 Å². The van der Waals surface area contributed by atoms with Crippen molar-refractivity contribution in [3.63, 3.8) is 0 Å². The number of para-hydroxylation sites is 1. The van der Waals surface area contributed by atoms with E-state index in [1.54, 1.807) is 24.3 Å². The molecular weight excluding hydrogens is 206 g/mol.